The number of benzene rings is 1. The Morgan fingerprint density at radius 3 is 3.06 bits per heavy atom. The number of nitrogen functional groups attached to an aromatic ring is 1. The second-order valence-electron chi connectivity index (χ2n) is 4.40. The monoisotopic (exact) mass is 231 g/mol. The SMILES string of the molecule is CN(CC1CCCO1)c1cc(C#N)ccc1N. The second-order valence-corrected chi connectivity index (χ2v) is 4.40. The minimum atomic E-state index is 0.283. The van der Waals surface area contributed by atoms with Gasteiger partial charge in [-0.25, -0.2) is 0 Å². The van der Waals surface area contributed by atoms with Gasteiger partial charge in [0.2, 0.25) is 0 Å². The minimum Gasteiger partial charge on any atom is -0.397 e. The second kappa shape index (κ2) is 5.07. The molecular formula is C13H17N3O. The van der Waals surface area contributed by atoms with Crippen LogP contribution in [0.3, 0.4) is 0 Å². The summed E-state index contributed by atoms with van der Waals surface area (Å²) < 4.78 is 5.59. The molecule has 17 heavy (non-hydrogen) atoms. The van der Waals surface area contributed by atoms with Crippen LogP contribution in [-0.2, 0) is 4.74 Å². The van der Waals surface area contributed by atoms with E-state index in [9.17, 15) is 0 Å². The highest BCUT2D eigenvalue weighted by Gasteiger charge is 2.18. The number of likely N-dealkylation sites (N-methyl/N-ethyl adjacent to an activating group) is 1. The molecule has 1 fully saturated rings. The lowest BCUT2D eigenvalue weighted by molar-refractivity contribution is 0.116. The third kappa shape index (κ3) is 2.69. The van der Waals surface area contributed by atoms with Crippen LogP contribution in [-0.4, -0.2) is 26.3 Å². The van der Waals surface area contributed by atoms with E-state index in [1.165, 1.54) is 0 Å². The summed E-state index contributed by atoms with van der Waals surface area (Å²) in [6.07, 6.45) is 2.51. The molecule has 0 aliphatic carbocycles. The van der Waals surface area contributed by atoms with Crippen molar-refractivity contribution in [1.82, 2.24) is 0 Å². The van der Waals surface area contributed by atoms with Crippen molar-refractivity contribution in [2.24, 2.45) is 0 Å². The number of anilines is 2. The molecular weight excluding hydrogens is 214 g/mol. The van der Waals surface area contributed by atoms with Crippen LogP contribution < -0.4 is 10.6 Å². The van der Waals surface area contributed by atoms with Gasteiger partial charge in [0.25, 0.3) is 0 Å². The molecule has 0 radical (unpaired) electrons. The van der Waals surface area contributed by atoms with Gasteiger partial charge >= 0.3 is 0 Å². The fourth-order valence-electron chi connectivity index (χ4n) is 2.14. The van der Waals surface area contributed by atoms with Crippen molar-refractivity contribution in [1.29, 1.82) is 5.26 Å². The molecule has 0 aromatic heterocycles. The van der Waals surface area contributed by atoms with Crippen LogP contribution >= 0.6 is 0 Å². The number of nitrogens with zero attached hydrogens (tertiary/aromatic N) is 2. The van der Waals surface area contributed by atoms with Gasteiger partial charge in [0.15, 0.2) is 0 Å². The predicted molar refractivity (Wildman–Crippen MR) is 67.8 cm³/mol. The van der Waals surface area contributed by atoms with Gasteiger partial charge in [0.05, 0.1) is 29.1 Å². The maximum Gasteiger partial charge on any atom is 0.0992 e. The number of hydrogen-bond donors (Lipinski definition) is 1. The highest BCUT2D eigenvalue weighted by Crippen LogP contribution is 2.25. The summed E-state index contributed by atoms with van der Waals surface area (Å²) in [5.41, 5.74) is 8.16. The van der Waals surface area contributed by atoms with E-state index in [-0.39, 0.29) is 6.10 Å². The highest BCUT2D eigenvalue weighted by atomic mass is 16.5. The van der Waals surface area contributed by atoms with Gasteiger partial charge in [-0.05, 0) is 31.0 Å². The van der Waals surface area contributed by atoms with Crippen molar-refractivity contribution in [3.05, 3.63) is 23.8 Å². The summed E-state index contributed by atoms with van der Waals surface area (Å²) in [5, 5.41) is 8.88. The van der Waals surface area contributed by atoms with Crippen LogP contribution in [0, 0.1) is 11.3 Å². The minimum absolute atomic E-state index is 0.283. The molecule has 0 saturated carbocycles. The van der Waals surface area contributed by atoms with Crippen LogP contribution in [0.5, 0.6) is 0 Å². The number of nitriles is 1. The average Bonchev–Trinajstić information content (AvgIpc) is 2.82. The predicted octanol–water partition coefficient (Wildman–Crippen LogP) is 1.76. The maximum absolute atomic E-state index is 8.88. The van der Waals surface area contributed by atoms with E-state index in [2.05, 4.69) is 11.0 Å². The molecule has 1 aliphatic heterocycles. The van der Waals surface area contributed by atoms with Crippen LogP contribution in [0.4, 0.5) is 11.4 Å². The Morgan fingerprint density at radius 2 is 2.41 bits per heavy atom. The van der Waals surface area contributed by atoms with Gasteiger partial charge < -0.3 is 15.4 Å². The fraction of sp³-hybridized carbons (Fsp3) is 0.462. The van der Waals surface area contributed by atoms with E-state index in [0.29, 0.717) is 11.3 Å². The van der Waals surface area contributed by atoms with Gasteiger partial charge in [-0.15, -0.1) is 0 Å². The molecule has 1 heterocycles. The Labute approximate surface area is 102 Å². The summed E-state index contributed by atoms with van der Waals surface area (Å²) in [6.45, 7) is 1.67. The van der Waals surface area contributed by atoms with E-state index < -0.39 is 0 Å². The summed E-state index contributed by atoms with van der Waals surface area (Å²) >= 11 is 0. The van der Waals surface area contributed by atoms with Gasteiger partial charge in [-0.3, -0.25) is 0 Å². The van der Waals surface area contributed by atoms with E-state index >= 15 is 0 Å². The quantitative estimate of drug-likeness (QED) is 0.805. The van der Waals surface area contributed by atoms with Crippen LogP contribution in [0.2, 0.25) is 0 Å². The zero-order valence-electron chi connectivity index (χ0n) is 10.0. The van der Waals surface area contributed by atoms with Crippen LogP contribution in [0.15, 0.2) is 18.2 Å². The Bertz CT molecular complexity index is 433. The molecule has 1 atom stereocenters. The smallest absolute Gasteiger partial charge is 0.0992 e. The number of nitrogens with two attached hydrogens (primary N) is 1. The van der Waals surface area contributed by atoms with Crippen molar-refractivity contribution in [3.63, 3.8) is 0 Å². The zero-order chi connectivity index (χ0) is 12.3. The van der Waals surface area contributed by atoms with Crippen molar-refractivity contribution in [2.45, 2.75) is 18.9 Å². The van der Waals surface area contributed by atoms with Crippen molar-refractivity contribution in [3.8, 4) is 6.07 Å². The molecule has 1 aromatic carbocycles. The molecule has 1 aliphatic rings. The van der Waals surface area contributed by atoms with Gasteiger partial charge in [-0.1, -0.05) is 0 Å². The Morgan fingerprint density at radius 1 is 1.59 bits per heavy atom. The van der Waals surface area contributed by atoms with Crippen molar-refractivity contribution >= 4 is 11.4 Å². The molecule has 90 valence electrons. The third-order valence-corrected chi connectivity index (χ3v) is 3.07. The Hall–Kier alpha value is -1.73. The highest BCUT2D eigenvalue weighted by molar-refractivity contribution is 5.69. The zero-order valence-corrected chi connectivity index (χ0v) is 10.0. The molecule has 0 bridgehead atoms. The molecule has 1 aromatic rings. The lowest BCUT2D eigenvalue weighted by atomic mass is 10.1. The molecule has 1 unspecified atom stereocenters. The first kappa shape index (κ1) is 11.7. The first-order valence-electron chi connectivity index (χ1n) is 5.83. The van der Waals surface area contributed by atoms with E-state index in [4.69, 9.17) is 15.7 Å². The summed E-state index contributed by atoms with van der Waals surface area (Å²) in [7, 11) is 1.98. The lowest BCUT2D eigenvalue weighted by Gasteiger charge is -2.24. The number of ether oxygens (including phenoxy) is 1. The number of hydrogen-bond acceptors (Lipinski definition) is 4. The van der Waals surface area contributed by atoms with Gasteiger partial charge in [0.1, 0.15) is 0 Å². The molecule has 4 nitrogen and oxygen atoms in total. The van der Waals surface area contributed by atoms with Crippen LogP contribution in [0.25, 0.3) is 0 Å². The fourth-order valence-corrected chi connectivity index (χ4v) is 2.14. The molecule has 0 spiro atoms. The average molecular weight is 231 g/mol. The first-order valence-corrected chi connectivity index (χ1v) is 5.83. The third-order valence-electron chi connectivity index (χ3n) is 3.07. The molecule has 0 amide bonds. The Kier molecular flexibility index (Phi) is 3.50. The van der Waals surface area contributed by atoms with E-state index in [0.717, 1.165) is 31.7 Å². The molecule has 4 heteroatoms. The van der Waals surface area contributed by atoms with Gasteiger partial charge in [0, 0.05) is 20.2 Å². The summed E-state index contributed by atoms with van der Waals surface area (Å²) in [5.74, 6) is 0. The first-order chi connectivity index (χ1) is 8.20. The largest absolute Gasteiger partial charge is 0.397 e. The van der Waals surface area contributed by atoms with E-state index in [1.807, 2.05) is 13.1 Å². The Balaban J connectivity index is 2.12. The summed E-state index contributed by atoms with van der Waals surface area (Å²) in [6, 6.07) is 7.47. The summed E-state index contributed by atoms with van der Waals surface area (Å²) in [4.78, 5) is 2.06. The van der Waals surface area contributed by atoms with E-state index in [1.54, 1.807) is 12.1 Å². The van der Waals surface area contributed by atoms with Gasteiger partial charge in [-0.2, -0.15) is 5.26 Å². The molecule has 1 saturated heterocycles. The molecule has 2 N–H and O–H groups in total. The lowest BCUT2D eigenvalue weighted by Crippen LogP contribution is -2.29. The van der Waals surface area contributed by atoms with Crippen LogP contribution in [0.1, 0.15) is 18.4 Å². The van der Waals surface area contributed by atoms with Crippen molar-refractivity contribution < 1.29 is 4.74 Å². The topological polar surface area (TPSA) is 62.3 Å². The standard InChI is InChI=1S/C13H17N3O/c1-16(9-11-3-2-6-17-11)13-7-10(8-14)4-5-12(13)15/h4-5,7,11H,2-3,6,9,15H2,1H3. The van der Waals surface area contributed by atoms with Crippen molar-refractivity contribution in [2.75, 3.05) is 30.8 Å². The normalized spacial score (nSPS) is 18.9. The molecule has 2 rings (SSSR count). The number of rotatable bonds is 3. The maximum atomic E-state index is 8.88.